The van der Waals surface area contributed by atoms with Crippen molar-refractivity contribution in [2.45, 2.75) is 108 Å². The highest BCUT2D eigenvalue weighted by Gasteiger charge is 2.45. The Morgan fingerprint density at radius 1 is 0.536 bits per heavy atom. The average molecular weight is 762 g/mol. The minimum absolute atomic E-state index is 0.0354. The normalized spacial score (nSPS) is 18.0. The van der Waals surface area contributed by atoms with Gasteiger partial charge >= 0.3 is 0 Å². The molecule has 4 aliphatic rings. The van der Waals surface area contributed by atoms with Crippen LogP contribution in [0.5, 0.6) is 0 Å². The lowest BCUT2D eigenvalue weighted by Gasteiger charge is -2.35. The van der Waals surface area contributed by atoms with Crippen molar-refractivity contribution in [3.8, 4) is 0 Å². The average Bonchev–Trinajstić information content (AvgIpc) is 3.60. The molecule has 3 aromatic heterocycles. The van der Waals surface area contributed by atoms with E-state index in [0.717, 1.165) is 38.5 Å². The number of aromatic nitrogens is 6. The van der Waals surface area contributed by atoms with Gasteiger partial charge in [-0.2, -0.15) is 0 Å². The van der Waals surface area contributed by atoms with Gasteiger partial charge in [0, 0.05) is 48.9 Å². The van der Waals surface area contributed by atoms with Crippen molar-refractivity contribution < 1.29 is 28.3 Å². The summed E-state index contributed by atoms with van der Waals surface area (Å²) in [5.74, 6) is 0.0723. The van der Waals surface area contributed by atoms with E-state index in [2.05, 4.69) is 50.1 Å². The molecule has 4 fully saturated rings. The molecule has 0 radical (unpaired) electrons. The van der Waals surface area contributed by atoms with Crippen LogP contribution in [0.1, 0.15) is 121 Å². The fourth-order valence-corrected chi connectivity index (χ4v) is 8.06. The van der Waals surface area contributed by atoms with Crippen LogP contribution >= 0.6 is 0 Å². The number of carbonyl (C=O) groups excluding carboxylic acids is 3. The number of fused-ring (bicyclic) bond motifs is 3. The molecule has 292 valence electrons. The lowest BCUT2D eigenvalue weighted by molar-refractivity contribution is 0.0649. The van der Waals surface area contributed by atoms with Gasteiger partial charge in [-0.15, -0.1) is 0 Å². The molecule has 1 spiro atoms. The highest BCUT2D eigenvalue weighted by atomic mass is 16.6. The fraction of sp³-hybridized carbons (Fsp3) is 0.488. The van der Waals surface area contributed by atoms with Gasteiger partial charge in [-0.25, -0.2) is 13.9 Å². The summed E-state index contributed by atoms with van der Waals surface area (Å²) in [6.45, 7) is 0. The van der Waals surface area contributed by atoms with Crippen molar-refractivity contribution in [2.24, 2.45) is 5.41 Å². The number of benzene rings is 3. The Labute approximate surface area is 323 Å². The van der Waals surface area contributed by atoms with E-state index < -0.39 is 0 Å². The van der Waals surface area contributed by atoms with Crippen LogP contribution in [0.4, 0.5) is 0 Å². The van der Waals surface area contributed by atoms with Gasteiger partial charge in [0.15, 0.2) is 0 Å². The highest BCUT2D eigenvalue weighted by Crippen LogP contribution is 2.56. The quantitative estimate of drug-likeness (QED) is 0.181. The molecule has 1 N–H and O–H groups in total. The summed E-state index contributed by atoms with van der Waals surface area (Å²) >= 11 is 0. The van der Waals surface area contributed by atoms with Crippen molar-refractivity contribution in [3.63, 3.8) is 0 Å². The maximum Gasteiger partial charge on any atom is 0.253 e. The molecular weight excluding hydrogens is 715 g/mol. The monoisotopic (exact) mass is 761 g/mol. The van der Waals surface area contributed by atoms with E-state index in [9.17, 15) is 14.4 Å². The van der Waals surface area contributed by atoms with Crippen LogP contribution in [0.3, 0.4) is 0 Å². The fourth-order valence-electron chi connectivity index (χ4n) is 8.06. The van der Waals surface area contributed by atoms with E-state index in [1.165, 1.54) is 51.4 Å². The van der Waals surface area contributed by atoms with Crippen LogP contribution in [0.2, 0.25) is 0 Å². The summed E-state index contributed by atoms with van der Waals surface area (Å²) in [6, 6.07) is 16.9. The summed E-state index contributed by atoms with van der Waals surface area (Å²) in [5.41, 5.74) is 6.48. The lowest BCUT2D eigenvalue weighted by atomic mass is 9.83. The number of amides is 3. The van der Waals surface area contributed by atoms with Gasteiger partial charge < -0.3 is 15.1 Å². The molecule has 10 rings (SSSR count). The first kappa shape index (κ1) is 37.2. The molecule has 15 heteroatoms. The van der Waals surface area contributed by atoms with Crippen molar-refractivity contribution >= 4 is 50.8 Å². The zero-order chi connectivity index (χ0) is 38.6. The van der Waals surface area contributed by atoms with Gasteiger partial charge in [0.1, 0.15) is 33.1 Å². The van der Waals surface area contributed by atoms with Crippen LogP contribution in [-0.4, -0.2) is 90.7 Å². The summed E-state index contributed by atoms with van der Waals surface area (Å²) in [7, 11) is 3.78. The molecular formula is C41H47N9O6. The Balaban J connectivity index is 0.000000119. The van der Waals surface area contributed by atoms with E-state index in [0.29, 0.717) is 73.3 Å². The van der Waals surface area contributed by atoms with Gasteiger partial charge in [-0.1, -0.05) is 19.3 Å². The molecule has 3 aromatic carbocycles. The molecule has 56 heavy (non-hydrogen) atoms. The van der Waals surface area contributed by atoms with Gasteiger partial charge in [-0.05, 0) is 162 Å². The van der Waals surface area contributed by atoms with Gasteiger partial charge in [0.05, 0.1) is 0 Å². The zero-order valence-electron chi connectivity index (χ0n) is 31.9. The molecule has 3 amide bonds. The Morgan fingerprint density at radius 3 is 1.41 bits per heavy atom. The third-order valence-corrected chi connectivity index (χ3v) is 12.2. The number of rotatable bonds is 6. The SMILES string of the molecule is CN(C(=O)c1ccc2nonc2c1)C1CCC1.CN(C(=O)c1ccc2nonc2c1)C1CCC2(CC1)CC2.O=C(NC1CCCCC1)c1ccc2nonc2c1. The Morgan fingerprint density at radius 2 is 0.964 bits per heavy atom. The smallest absolute Gasteiger partial charge is 0.253 e. The number of hydrogen-bond donors (Lipinski definition) is 1. The maximum atomic E-state index is 12.6. The third-order valence-electron chi connectivity index (χ3n) is 12.2. The molecule has 0 atom stereocenters. The van der Waals surface area contributed by atoms with E-state index in [1.807, 2.05) is 23.9 Å². The maximum absolute atomic E-state index is 12.6. The first-order valence-corrected chi connectivity index (χ1v) is 19.8. The van der Waals surface area contributed by atoms with E-state index in [4.69, 9.17) is 0 Å². The standard InChI is InChI=1S/C16H19N3O2.C13H15N3O2.C12H13N3O2/c1-19(12-4-6-16(7-5-12)8-9-16)15(20)11-2-3-13-14(10-11)18-21-17-13;17-13(14-10-4-2-1-3-5-10)9-6-7-11-12(8-9)16-18-15-11;1-15(9-3-2-4-9)12(16)8-5-6-10-11(7-8)14-17-13-10/h2-3,10,12H,4-9H2,1H3;6-8,10H,1-5H2,(H,14,17);5-7,9H,2-4H2,1H3. The Hall–Kier alpha value is -5.73. The molecule has 0 aliphatic heterocycles. The van der Waals surface area contributed by atoms with Crippen molar-refractivity contribution in [3.05, 3.63) is 71.3 Å². The molecule has 15 nitrogen and oxygen atoms in total. The van der Waals surface area contributed by atoms with Crippen LogP contribution in [-0.2, 0) is 0 Å². The van der Waals surface area contributed by atoms with E-state index >= 15 is 0 Å². The number of carbonyl (C=O) groups is 3. The molecule has 4 saturated carbocycles. The number of nitrogens with zero attached hydrogens (tertiary/aromatic N) is 8. The number of nitrogens with one attached hydrogen (secondary N) is 1. The Kier molecular flexibility index (Phi) is 10.7. The molecule has 6 aromatic rings. The van der Waals surface area contributed by atoms with Gasteiger partial charge in [0.2, 0.25) is 0 Å². The summed E-state index contributed by atoms with van der Waals surface area (Å²) in [4.78, 5) is 40.6. The van der Waals surface area contributed by atoms with Crippen LogP contribution in [0, 0.1) is 5.41 Å². The molecule has 0 unspecified atom stereocenters. The van der Waals surface area contributed by atoms with Crippen LogP contribution in [0.15, 0.2) is 68.5 Å². The summed E-state index contributed by atoms with van der Waals surface area (Å²) < 4.78 is 13.9. The van der Waals surface area contributed by atoms with Gasteiger partial charge in [-0.3, -0.25) is 14.4 Å². The Bertz CT molecular complexity index is 2310. The molecule has 0 saturated heterocycles. The molecule has 0 bridgehead atoms. The summed E-state index contributed by atoms with van der Waals surface area (Å²) in [6.07, 6.45) is 16.9. The predicted octanol–water partition coefficient (Wildman–Crippen LogP) is 7.15. The van der Waals surface area contributed by atoms with Crippen molar-refractivity contribution in [2.75, 3.05) is 14.1 Å². The van der Waals surface area contributed by atoms with Crippen LogP contribution < -0.4 is 5.32 Å². The van der Waals surface area contributed by atoms with Crippen LogP contribution in [0.25, 0.3) is 33.1 Å². The van der Waals surface area contributed by atoms with E-state index in [-0.39, 0.29) is 17.7 Å². The van der Waals surface area contributed by atoms with E-state index in [1.54, 1.807) is 54.6 Å². The number of hydrogen-bond acceptors (Lipinski definition) is 12. The minimum atomic E-state index is -0.0354. The first-order chi connectivity index (χ1) is 27.2. The van der Waals surface area contributed by atoms with Crippen molar-refractivity contribution in [1.82, 2.24) is 46.1 Å². The molecule has 4 aliphatic carbocycles. The second-order valence-corrected chi connectivity index (χ2v) is 15.9. The third kappa shape index (κ3) is 8.26. The minimum Gasteiger partial charge on any atom is -0.349 e. The second-order valence-electron chi connectivity index (χ2n) is 15.9. The highest BCUT2D eigenvalue weighted by molar-refractivity contribution is 5.98. The second kappa shape index (κ2) is 16.2. The first-order valence-electron chi connectivity index (χ1n) is 19.8. The predicted molar refractivity (Wildman–Crippen MR) is 206 cm³/mol. The summed E-state index contributed by atoms with van der Waals surface area (Å²) in [5, 5.41) is 25.6. The molecule has 3 heterocycles. The largest absolute Gasteiger partial charge is 0.349 e. The topological polar surface area (TPSA) is 186 Å². The lowest BCUT2D eigenvalue weighted by Crippen LogP contribution is -2.41. The van der Waals surface area contributed by atoms with Crippen molar-refractivity contribution in [1.29, 1.82) is 0 Å². The van der Waals surface area contributed by atoms with Gasteiger partial charge in [0.25, 0.3) is 17.7 Å². The zero-order valence-corrected chi connectivity index (χ0v) is 31.9.